The molecule has 2 heterocycles. The number of aromatic nitrogens is 2. The molecular weight excluding hydrogens is 366 g/mol. The van der Waals surface area contributed by atoms with Crippen molar-refractivity contribution in [2.75, 3.05) is 11.1 Å². The lowest BCUT2D eigenvalue weighted by molar-refractivity contribution is -0.113. The number of amides is 1. The topological polar surface area (TPSA) is 46.9 Å². The number of hydrogen-bond acceptors (Lipinski definition) is 3. The van der Waals surface area contributed by atoms with Gasteiger partial charge in [-0.1, -0.05) is 41.9 Å². The Hall–Kier alpha value is -2.24. The lowest BCUT2D eigenvalue weighted by Crippen LogP contribution is -2.15. The van der Waals surface area contributed by atoms with Gasteiger partial charge in [0.1, 0.15) is 5.82 Å². The third-order valence-electron chi connectivity index (χ3n) is 4.44. The van der Waals surface area contributed by atoms with Gasteiger partial charge in [0.05, 0.1) is 22.4 Å². The second kappa shape index (κ2) is 6.82. The summed E-state index contributed by atoms with van der Waals surface area (Å²) in [6.45, 7) is 4.02. The first-order chi connectivity index (χ1) is 12.5. The van der Waals surface area contributed by atoms with E-state index in [1.807, 2.05) is 61.0 Å². The fourth-order valence-electron chi connectivity index (χ4n) is 3.26. The number of halogens is 1. The van der Waals surface area contributed by atoms with Crippen LogP contribution in [0.5, 0.6) is 0 Å². The van der Waals surface area contributed by atoms with Crippen LogP contribution in [-0.2, 0) is 4.79 Å². The third-order valence-corrected chi connectivity index (χ3v) is 6.04. The van der Waals surface area contributed by atoms with Gasteiger partial charge in [0, 0.05) is 10.6 Å². The minimum atomic E-state index is -0.0452. The number of thioether (sulfide) groups is 1. The summed E-state index contributed by atoms with van der Waals surface area (Å²) in [5.41, 5.74) is 4.97. The summed E-state index contributed by atoms with van der Waals surface area (Å²) >= 11 is 8.04. The van der Waals surface area contributed by atoms with Crippen LogP contribution in [0, 0.1) is 13.8 Å². The summed E-state index contributed by atoms with van der Waals surface area (Å²) in [5, 5.41) is 8.43. The summed E-state index contributed by atoms with van der Waals surface area (Å²) in [6, 6.07) is 15.9. The van der Waals surface area contributed by atoms with Crippen LogP contribution in [0.1, 0.15) is 27.6 Å². The maximum Gasteiger partial charge on any atom is 0.235 e. The molecule has 0 saturated carbocycles. The molecule has 1 aromatic heterocycles. The van der Waals surface area contributed by atoms with Crippen LogP contribution in [0.3, 0.4) is 0 Å². The molecule has 4 rings (SSSR count). The van der Waals surface area contributed by atoms with Crippen LogP contribution >= 0.6 is 23.4 Å². The van der Waals surface area contributed by atoms with Gasteiger partial charge in [0.2, 0.25) is 5.91 Å². The molecule has 2 aromatic carbocycles. The number of aryl methyl sites for hydroxylation is 2. The largest absolute Gasteiger partial charge is 0.310 e. The van der Waals surface area contributed by atoms with Gasteiger partial charge in [0.25, 0.3) is 0 Å². The van der Waals surface area contributed by atoms with Gasteiger partial charge in [-0.05, 0) is 43.2 Å². The first-order valence-corrected chi connectivity index (χ1v) is 9.79. The number of carbonyl (C=O) groups is 1. The van der Waals surface area contributed by atoms with Gasteiger partial charge in [-0.15, -0.1) is 11.8 Å². The molecule has 4 nitrogen and oxygen atoms in total. The van der Waals surface area contributed by atoms with E-state index in [9.17, 15) is 4.79 Å². The molecule has 1 aliphatic heterocycles. The smallest absolute Gasteiger partial charge is 0.235 e. The molecule has 0 radical (unpaired) electrons. The van der Waals surface area contributed by atoms with E-state index in [4.69, 9.17) is 16.7 Å². The molecule has 1 amide bonds. The predicted molar refractivity (Wildman–Crippen MR) is 107 cm³/mol. The maximum absolute atomic E-state index is 12.4. The van der Waals surface area contributed by atoms with E-state index in [-0.39, 0.29) is 11.2 Å². The summed E-state index contributed by atoms with van der Waals surface area (Å²) in [7, 11) is 0. The van der Waals surface area contributed by atoms with Crippen molar-refractivity contribution in [1.82, 2.24) is 9.78 Å². The maximum atomic E-state index is 12.4. The molecule has 0 bridgehead atoms. The van der Waals surface area contributed by atoms with Crippen molar-refractivity contribution in [2.24, 2.45) is 0 Å². The number of benzene rings is 2. The number of nitrogens with zero attached hydrogens (tertiary/aromatic N) is 2. The second-order valence-electron chi connectivity index (χ2n) is 6.36. The number of rotatable bonds is 2. The third kappa shape index (κ3) is 3.02. The molecule has 6 heteroatoms. The minimum absolute atomic E-state index is 0.0281. The highest BCUT2D eigenvalue weighted by Gasteiger charge is 2.31. The quantitative estimate of drug-likeness (QED) is 0.683. The van der Waals surface area contributed by atoms with Gasteiger partial charge in [-0.25, -0.2) is 4.68 Å². The summed E-state index contributed by atoms with van der Waals surface area (Å²) in [5.74, 6) is 1.07. The van der Waals surface area contributed by atoms with Crippen molar-refractivity contribution >= 4 is 35.1 Å². The molecule has 1 N–H and O–H groups in total. The number of carbonyl (C=O) groups excluding carboxylic acids is 1. The Balaban J connectivity index is 1.92. The van der Waals surface area contributed by atoms with Crippen molar-refractivity contribution in [2.45, 2.75) is 19.1 Å². The van der Waals surface area contributed by atoms with Crippen LogP contribution in [0.25, 0.3) is 5.69 Å². The van der Waals surface area contributed by atoms with E-state index >= 15 is 0 Å². The fourth-order valence-corrected chi connectivity index (χ4v) is 4.80. The van der Waals surface area contributed by atoms with Crippen LogP contribution in [0.2, 0.25) is 5.02 Å². The zero-order chi connectivity index (χ0) is 18.3. The number of nitrogens with one attached hydrogen (secondary N) is 1. The van der Waals surface area contributed by atoms with Gasteiger partial charge < -0.3 is 5.32 Å². The summed E-state index contributed by atoms with van der Waals surface area (Å²) < 4.78 is 1.82. The molecule has 3 aromatic rings. The Bertz CT molecular complexity index is 998. The van der Waals surface area contributed by atoms with E-state index in [0.717, 1.165) is 33.9 Å². The lowest BCUT2D eigenvalue weighted by Gasteiger charge is -2.16. The SMILES string of the molecule is Cc1cccc(-n2nc(C)c3c2NC(=O)CS[C@@H]3c2ccccc2Cl)c1. The van der Waals surface area contributed by atoms with Gasteiger partial charge >= 0.3 is 0 Å². The average molecular weight is 384 g/mol. The monoisotopic (exact) mass is 383 g/mol. The molecule has 0 aliphatic carbocycles. The number of fused-ring (bicyclic) bond motifs is 1. The second-order valence-corrected chi connectivity index (χ2v) is 7.86. The van der Waals surface area contributed by atoms with E-state index in [1.165, 1.54) is 0 Å². The van der Waals surface area contributed by atoms with Crippen LogP contribution in [0.15, 0.2) is 48.5 Å². The molecular formula is C20H18ClN3OS. The normalized spacial score (nSPS) is 16.7. The molecule has 26 heavy (non-hydrogen) atoms. The number of anilines is 1. The van der Waals surface area contributed by atoms with E-state index in [0.29, 0.717) is 10.8 Å². The Morgan fingerprint density at radius 2 is 2.00 bits per heavy atom. The number of hydrogen-bond donors (Lipinski definition) is 1. The van der Waals surface area contributed by atoms with Crippen molar-refractivity contribution in [3.63, 3.8) is 0 Å². The summed E-state index contributed by atoms with van der Waals surface area (Å²) in [4.78, 5) is 12.4. The first-order valence-electron chi connectivity index (χ1n) is 8.37. The average Bonchev–Trinajstić information content (AvgIpc) is 2.82. The van der Waals surface area contributed by atoms with E-state index < -0.39 is 0 Å². The Morgan fingerprint density at radius 1 is 1.19 bits per heavy atom. The molecule has 132 valence electrons. The van der Waals surface area contributed by atoms with Gasteiger partial charge in [-0.2, -0.15) is 5.10 Å². The first kappa shape index (κ1) is 17.2. The molecule has 0 fully saturated rings. The van der Waals surface area contributed by atoms with Crippen molar-refractivity contribution in [3.05, 3.63) is 75.9 Å². The highest BCUT2D eigenvalue weighted by atomic mass is 35.5. The predicted octanol–water partition coefficient (Wildman–Crippen LogP) is 4.92. The van der Waals surface area contributed by atoms with Crippen LogP contribution < -0.4 is 5.32 Å². The zero-order valence-corrected chi connectivity index (χ0v) is 16.1. The van der Waals surface area contributed by atoms with E-state index in [2.05, 4.69) is 11.4 Å². The molecule has 1 atom stereocenters. The van der Waals surface area contributed by atoms with Gasteiger partial charge in [0.15, 0.2) is 0 Å². The Labute approximate surface area is 161 Å². The minimum Gasteiger partial charge on any atom is -0.310 e. The fraction of sp³-hybridized carbons (Fsp3) is 0.200. The van der Waals surface area contributed by atoms with E-state index in [1.54, 1.807) is 11.8 Å². The molecule has 1 aliphatic rings. The van der Waals surface area contributed by atoms with Crippen LogP contribution in [-0.4, -0.2) is 21.4 Å². The zero-order valence-electron chi connectivity index (χ0n) is 14.5. The standard InChI is InChI=1S/C20H18ClN3OS/c1-12-6-5-7-14(10-12)24-20-18(13(2)23-24)19(26-11-17(25)22-20)15-8-3-4-9-16(15)21/h3-10,19H,11H2,1-2H3,(H,22,25)/t19-/m1/s1. The lowest BCUT2D eigenvalue weighted by atomic mass is 10.0. The van der Waals surface area contributed by atoms with Gasteiger partial charge in [-0.3, -0.25) is 4.79 Å². The highest BCUT2D eigenvalue weighted by Crippen LogP contribution is 2.45. The Kier molecular flexibility index (Phi) is 4.51. The molecule has 0 spiro atoms. The van der Waals surface area contributed by atoms with Crippen molar-refractivity contribution < 1.29 is 4.79 Å². The van der Waals surface area contributed by atoms with Crippen molar-refractivity contribution in [3.8, 4) is 5.69 Å². The summed E-state index contributed by atoms with van der Waals surface area (Å²) in [6.07, 6.45) is 0. The molecule has 0 unspecified atom stereocenters. The highest BCUT2D eigenvalue weighted by molar-refractivity contribution is 8.00. The molecule has 0 saturated heterocycles. The Morgan fingerprint density at radius 3 is 2.77 bits per heavy atom. The van der Waals surface area contributed by atoms with Crippen LogP contribution in [0.4, 0.5) is 5.82 Å². The van der Waals surface area contributed by atoms with Crippen molar-refractivity contribution in [1.29, 1.82) is 0 Å².